The molecule has 546 valence electrons. The van der Waals surface area contributed by atoms with E-state index in [1.807, 2.05) is 219 Å². The number of carbonyl (C=O) groups is 7. The lowest BCUT2D eigenvalue weighted by atomic mass is 9.93. The number of hydrogen-bond donors (Lipinski definition) is 1. The Bertz CT molecular complexity index is 5320. The second-order valence-corrected chi connectivity index (χ2v) is 25.4. The number of nitrogens with zero attached hydrogens (tertiary/aromatic N) is 15. The summed E-state index contributed by atoms with van der Waals surface area (Å²) in [7, 11) is 0. The van der Waals surface area contributed by atoms with Crippen LogP contribution in [0.15, 0.2) is 324 Å². The van der Waals surface area contributed by atoms with Crippen molar-refractivity contribution in [3.05, 3.63) is 358 Å². The van der Waals surface area contributed by atoms with Crippen LogP contribution in [-0.2, 0) is 53.2 Å². The topological polar surface area (TPSA) is 313 Å². The number of para-hydroxylation sites is 3. The number of aromatic nitrogens is 9. The Hall–Kier alpha value is -15.8. The van der Waals surface area contributed by atoms with Crippen molar-refractivity contribution in [2.75, 3.05) is 0 Å². The van der Waals surface area contributed by atoms with Crippen molar-refractivity contribution < 1.29 is 38.7 Å². The van der Waals surface area contributed by atoms with Crippen LogP contribution in [0.1, 0.15) is 61.1 Å². The van der Waals surface area contributed by atoms with Gasteiger partial charge in [-0.1, -0.05) is 164 Å². The molecule has 3 aliphatic heterocycles. The normalized spacial score (nSPS) is 14.6. The first-order chi connectivity index (χ1) is 54.4. The SMILES string of the molecule is CC(=O)O.CC1=C(C#N)C(=O)N(Cc2cccnc2)C(=O)/C1=C\c1cn(-c2ccccc2)nc1-c1ccccc1.CC1=C(C#N)C(=O)N(Cc2cccnc2)C(=O)/C1=C\c1cn(-c2ccccc2)nc1-c1ccccc1.CC1=C(C#N)C(=O)N(Cc2cccnc2)C(=O)/C1=C\c1cn(-c2ccccc2)nc1-c1ccccc1. The number of imide groups is 3. The van der Waals surface area contributed by atoms with E-state index < -0.39 is 41.4 Å². The highest BCUT2D eigenvalue weighted by molar-refractivity contribution is 6.22. The zero-order valence-corrected chi connectivity index (χ0v) is 60.8. The summed E-state index contributed by atoms with van der Waals surface area (Å²) in [5, 5.41) is 51.1. The van der Waals surface area contributed by atoms with Crippen molar-refractivity contribution in [1.29, 1.82) is 15.8 Å². The predicted octanol–water partition coefficient (Wildman–Crippen LogP) is 14.3. The smallest absolute Gasteiger partial charge is 0.300 e. The lowest BCUT2D eigenvalue weighted by molar-refractivity contribution is -0.142. The molecule has 6 aromatic heterocycles. The number of hydrogen-bond acceptors (Lipinski definition) is 16. The van der Waals surface area contributed by atoms with Crippen LogP contribution in [0.3, 0.4) is 0 Å². The summed E-state index contributed by atoms with van der Waals surface area (Å²) in [5.41, 5.74) is 13.2. The number of aliphatic carboxylic acids is 1. The molecule has 1 N–H and O–H groups in total. The van der Waals surface area contributed by atoms with E-state index in [0.29, 0.717) is 67.2 Å². The van der Waals surface area contributed by atoms with Crippen molar-refractivity contribution in [3.63, 3.8) is 0 Å². The molecule has 0 fully saturated rings. The fraction of sp³-hybridized carbons (Fsp3) is 0.0787. The zero-order valence-electron chi connectivity index (χ0n) is 60.8. The largest absolute Gasteiger partial charge is 0.481 e. The second-order valence-electron chi connectivity index (χ2n) is 25.4. The molecule has 0 atom stereocenters. The number of amides is 6. The molecule has 112 heavy (non-hydrogen) atoms. The molecule has 12 aromatic rings. The Morgan fingerprint density at radius 1 is 0.357 bits per heavy atom. The molecule has 0 saturated carbocycles. The Balaban J connectivity index is 0.000000152. The Morgan fingerprint density at radius 3 is 0.804 bits per heavy atom. The molecular weight excluding hydrogens is 1410 g/mol. The van der Waals surface area contributed by atoms with Crippen molar-refractivity contribution in [2.24, 2.45) is 0 Å². The molecule has 23 heteroatoms. The number of rotatable bonds is 15. The fourth-order valence-electron chi connectivity index (χ4n) is 12.4. The number of carboxylic acid groups (broad SMARTS) is 1. The minimum Gasteiger partial charge on any atom is -0.481 e. The number of carboxylic acids is 1. The Morgan fingerprint density at radius 2 is 0.589 bits per heavy atom. The number of carbonyl (C=O) groups excluding carboxylic acids is 6. The van der Waals surface area contributed by atoms with E-state index in [1.165, 1.54) is 0 Å². The van der Waals surface area contributed by atoms with E-state index in [-0.39, 0.29) is 53.1 Å². The third kappa shape index (κ3) is 17.2. The quantitative estimate of drug-likeness (QED) is 0.0736. The maximum Gasteiger partial charge on any atom is 0.300 e. The van der Waals surface area contributed by atoms with Gasteiger partial charge in [0.25, 0.3) is 41.4 Å². The highest BCUT2D eigenvalue weighted by Gasteiger charge is 2.39. The van der Waals surface area contributed by atoms with Crippen LogP contribution in [0.4, 0.5) is 0 Å². The van der Waals surface area contributed by atoms with Gasteiger partial charge in [-0.3, -0.25) is 63.2 Å². The maximum absolute atomic E-state index is 13.6. The van der Waals surface area contributed by atoms with Crippen LogP contribution in [-0.4, -0.2) is 106 Å². The van der Waals surface area contributed by atoms with Crippen molar-refractivity contribution in [3.8, 4) is 69.0 Å². The summed E-state index contributed by atoms with van der Waals surface area (Å²) in [6.07, 6.45) is 20.3. The first-order valence-electron chi connectivity index (χ1n) is 35.0. The molecular formula is C89H67N15O8. The number of pyridine rings is 3. The molecule has 0 unspecified atom stereocenters. The van der Waals surface area contributed by atoms with Gasteiger partial charge in [-0.15, -0.1) is 0 Å². The fourth-order valence-corrected chi connectivity index (χ4v) is 12.4. The van der Waals surface area contributed by atoms with Gasteiger partial charge in [-0.05, 0) is 127 Å². The molecule has 0 saturated heterocycles. The molecule has 23 nitrogen and oxygen atoms in total. The van der Waals surface area contributed by atoms with E-state index in [2.05, 4.69) is 15.0 Å². The maximum atomic E-state index is 13.6. The summed E-state index contributed by atoms with van der Waals surface area (Å²) >= 11 is 0. The van der Waals surface area contributed by atoms with Gasteiger partial charge >= 0.3 is 0 Å². The van der Waals surface area contributed by atoms with Gasteiger partial charge < -0.3 is 5.11 Å². The zero-order chi connectivity index (χ0) is 78.8. The Labute approximate surface area is 643 Å². The highest BCUT2D eigenvalue weighted by Crippen LogP contribution is 2.36. The summed E-state index contributed by atoms with van der Waals surface area (Å²) in [4.78, 5) is 104. The molecule has 6 amide bonds. The van der Waals surface area contributed by atoms with Crippen LogP contribution in [0, 0.1) is 34.0 Å². The summed E-state index contributed by atoms with van der Waals surface area (Å²) in [5.74, 6) is -4.05. The van der Waals surface area contributed by atoms with Crippen LogP contribution < -0.4 is 0 Å². The van der Waals surface area contributed by atoms with Gasteiger partial charge in [0.15, 0.2) is 0 Å². The molecule has 0 radical (unpaired) electrons. The van der Waals surface area contributed by atoms with Crippen LogP contribution in [0.25, 0.3) is 69.1 Å². The Kier molecular flexibility index (Phi) is 23.8. The molecule has 0 spiro atoms. The number of nitriles is 3. The highest BCUT2D eigenvalue weighted by atomic mass is 16.4. The minimum atomic E-state index is -0.833. The lowest BCUT2D eigenvalue weighted by Gasteiger charge is -2.27. The molecule has 3 aliphatic rings. The monoisotopic (exact) mass is 1470 g/mol. The van der Waals surface area contributed by atoms with E-state index in [4.69, 9.17) is 25.2 Å². The molecule has 15 rings (SSSR count). The van der Waals surface area contributed by atoms with Gasteiger partial charge in [-0.25, -0.2) is 14.0 Å². The molecule has 6 aromatic carbocycles. The second kappa shape index (κ2) is 35.1. The standard InChI is InChI=1S/3C29H21N5O2.C2H4O2/c3*1-20-25(28(35)33(29(36)26(20)16-30)18-21-9-8-14-31-17-21)15-23-19-34(24-12-6-3-7-13-24)32-27(23)22-10-4-2-5-11-22;1-2(3)4/h3*2-15,17,19H,18H2,1H3;1H3,(H,3,4)/b3*25-15-;. The van der Waals surface area contributed by atoms with Gasteiger partial charge in [-0.2, -0.15) is 31.1 Å². The van der Waals surface area contributed by atoms with Crippen LogP contribution >= 0.6 is 0 Å². The van der Waals surface area contributed by atoms with Crippen LogP contribution in [0.5, 0.6) is 0 Å². The van der Waals surface area contributed by atoms with Gasteiger partial charge in [0.05, 0.1) is 53.8 Å². The van der Waals surface area contributed by atoms with Crippen molar-refractivity contribution in [2.45, 2.75) is 47.3 Å². The average Bonchev–Trinajstić information content (AvgIpc) is 1.23. The van der Waals surface area contributed by atoms with Gasteiger partial charge in [0.2, 0.25) is 0 Å². The summed E-state index contributed by atoms with van der Waals surface area (Å²) < 4.78 is 5.26. The average molecular weight is 1470 g/mol. The molecule has 9 heterocycles. The van der Waals surface area contributed by atoms with E-state index >= 15 is 0 Å². The number of benzene rings is 6. The van der Waals surface area contributed by atoms with Crippen molar-refractivity contribution >= 4 is 59.6 Å². The molecule has 0 aliphatic carbocycles. The van der Waals surface area contributed by atoms with E-state index in [9.17, 15) is 44.6 Å². The third-order valence-electron chi connectivity index (χ3n) is 18.0. The minimum absolute atomic E-state index is 0.0239. The lowest BCUT2D eigenvalue weighted by Crippen LogP contribution is -2.42. The van der Waals surface area contributed by atoms with Crippen molar-refractivity contribution in [1.82, 2.24) is 59.0 Å². The summed E-state index contributed by atoms with van der Waals surface area (Å²) in [6, 6.07) is 74.5. The third-order valence-corrected chi connectivity index (χ3v) is 18.0. The predicted molar refractivity (Wildman–Crippen MR) is 419 cm³/mol. The molecule has 0 bridgehead atoms. The van der Waals surface area contributed by atoms with Gasteiger partial charge in [0.1, 0.15) is 34.9 Å². The van der Waals surface area contributed by atoms with Crippen LogP contribution in [0.2, 0.25) is 0 Å². The first kappa shape index (κ1) is 75.9. The summed E-state index contributed by atoms with van der Waals surface area (Å²) in [6.45, 7) is 6.05. The van der Waals surface area contributed by atoms with Gasteiger partial charge in [0, 0.05) is 113 Å². The van der Waals surface area contributed by atoms with E-state index in [0.717, 1.165) is 55.4 Å². The first-order valence-corrected chi connectivity index (χ1v) is 35.0. The van der Waals surface area contributed by atoms with E-state index in [1.54, 1.807) is 127 Å².